The standard InChI is InChI=1S/C9H16N2O2/c1-4-6-7(8(10)11-3)9(12)13-5-2/h6H,4-5H2,1-3H3,(H2,10,11)/b7-6+. The predicted molar refractivity (Wildman–Crippen MR) is 52.6 cm³/mol. The van der Waals surface area contributed by atoms with Gasteiger partial charge in [0.2, 0.25) is 0 Å². The maximum Gasteiger partial charge on any atom is 0.341 e. The van der Waals surface area contributed by atoms with Crippen molar-refractivity contribution in [2.75, 3.05) is 13.7 Å². The van der Waals surface area contributed by atoms with E-state index >= 15 is 0 Å². The van der Waals surface area contributed by atoms with Crippen molar-refractivity contribution in [2.45, 2.75) is 20.3 Å². The molecule has 4 nitrogen and oxygen atoms in total. The Balaban J connectivity index is 4.62. The Hall–Kier alpha value is -1.32. The molecule has 0 aromatic heterocycles. The molecule has 0 aliphatic carbocycles. The van der Waals surface area contributed by atoms with E-state index < -0.39 is 5.97 Å². The molecule has 0 aromatic rings. The number of nitrogens with zero attached hydrogens (tertiary/aromatic N) is 1. The summed E-state index contributed by atoms with van der Waals surface area (Å²) in [5.74, 6) is -0.187. The van der Waals surface area contributed by atoms with Crippen LogP contribution in [-0.2, 0) is 9.53 Å². The molecule has 0 radical (unpaired) electrons. The molecule has 0 unspecified atom stereocenters. The number of amidine groups is 1. The van der Waals surface area contributed by atoms with Gasteiger partial charge in [-0.25, -0.2) is 4.79 Å². The fraction of sp³-hybridized carbons (Fsp3) is 0.556. The number of carbonyl (C=O) groups excluding carboxylic acids is 1. The monoisotopic (exact) mass is 184 g/mol. The number of hydrogen-bond donors (Lipinski definition) is 1. The van der Waals surface area contributed by atoms with Crippen molar-refractivity contribution >= 4 is 11.8 Å². The minimum Gasteiger partial charge on any atom is -0.462 e. The Morgan fingerprint density at radius 3 is 2.54 bits per heavy atom. The van der Waals surface area contributed by atoms with Crippen LogP contribution in [0.25, 0.3) is 0 Å². The van der Waals surface area contributed by atoms with Gasteiger partial charge < -0.3 is 10.5 Å². The molecule has 0 aliphatic rings. The molecule has 0 saturated carbocycles. The average Bonchev–Trinajstić information content (AvgIpc) is 2.13. The first-order valence-corrected chi connectivity index (χ1v) is 4.27. The van der Waals surface area contributed by atoms with Gasteiger partial charge in [0.05, 0.1) is 12.2 Å². The van der Waals surface area contributed by atoms with Gasteiger partial charge in [-0.1, -0.05) is 13.0 Å². The first-order valence-electron chi connectivity index (χ1n) is 4.27. The van der Waals surface area contributed by atoms with Crippen molar-refractivity contribution < 1.29 is 9.53 Å². The largest absolute Gasteiger partial charge is 0.462 e. The molecular formula is C9H16N2O2. The highest BCUT2D eigenvalue weighted by molar-refractivity contribution is 6.18. The molecule has 0 aromatic carbocycles. The fourth-order valence-electron chi connectivity index (χ4n) is 0.826. The van der Waals surface area contributed by atoms with E-state index in [9.17, 15) is 4.79 Å². The third-order valence-electron chi connectivity index (χ3n) is 1.42. The van der Waals surface area contributed by atoms with Crippen LogP contribution in [0.1, 0.15) is 20.3 Å². The summed E-state index contributed by atoms with van der Waals surface area (Å²) in [6.07, 6.45) is 2.44. The summed E-state index contributed by atoms with van der Waals surface area (Å²) in [5.41, 5.74) is 5.87. The van der Waals surface area contributed by atoms with E-state index in [-0.39, 0.29) is 5.84 Å². The average molecular weight is 184 g/mol. The van der Waals surface area contributed by atoms with Crippen LogP contribution in [0.2, 0.25) is 0 Å². The van der Waals surface area contributed by atoms with E-state index in [1.165, 1.54) is 7.05 Å². The van der Waals surface area contributed by atoms with Crippen molar-refractivity contribution in [1.82, 2.24) is 0 Å². The van der Waals surface area contributed by atoms with Gasteiger partial charge >= 0.3 is 5.97 Å². The smallest absolute Gasteiger partial charge is 0.341 e. The minimum absolute atomic E-state index is 0.223. The topological polar surface area (TPSA) is 64.7 Å². The lowest BCUT2D eigenvalue weighted by molar-refractivity contribution is -0.137. The van der Waals surface area contributed by atoms with Crippen molar-refractivity contribution in [1.29, 1.82) is 0 Å². The summed E-state index contributed by atoms with van der Waals surface area (Å²) in [4.78, 5) is 15.0. The van der Waals surface area contributed by atoms with Gasteiger partial charge in [0.15, 0.2) is 0 Å². The zero-order valence-corrected chi connectivity index (χ0v) is 8.33. The highest BCUT2D eigenvalue weighted by Gasteiger charge is 2.12. The highest BCUT2D eigenvalue weighted by Crippen LogP contribution is 2.00. The van der Waals surface area contributed by atoms with Crippen LogP contribution in [0.15, 0.2) is 16.6 Å². The first kappa shape index (κ1) is 11.7. The Kier molecular flexibility index (Phi) is 5.59. The zero-order chi connectivity index (χ0) is 10.3. The molecule has 13 heavy (non-hydrogen) atoms. The lowest BCUT2D eigenvalue weighted by Gasteiger charge is -2.05. The van der Waals surface area contributed by atoms with Gasteiger partial charge in [0.1, 0.15) is 5.84 Å². The van der Waals surface area contributed by atoms with E-state index in [0.29, 0.717) is 12.2 Å². The summed E-state index contributed by atoms with van der Waals surface area (Å²) in [6.45, 7) is 4.01. The van der Waals surface area contributed by atoms with Crippen LogP contribution in [0.5, 0.6) is 0 Å². The molecular weight excluding hydrogens is 168 g/mol. The molecule has 0 fully saturated rings. The van der Waals surface area contributed by atoms with Gasteiger partial charge in [-0.15, -0.1) is 0 Å². The van der Waals surface area contributed by atoms with Gasteiger partial charge in [-0.05, 0) is 13.3 Å². The summed E-state index contributed by atoms with van der Waals surface area (Å²) in [6, 6.07) is 0. The maximum atomic E-state index is 11.3. The van der Waals surface area contributed by atoms with Crippen molar-refractivity contribution in [3.8, 4) is 0 Å². The van der Waals surface area contributed by atoms with E-state index in [2.05, 4.69) is 4.99 Å². The SMILES string of the molecule is CC/C=C(/C(=O)OCC)C(N)=NC. The molecule has 4 heteroatoms. The quantitative estimate of drug-likeness (QED) is 0.305. The van der Waals surface area contributed by atoms with E-state index in [1.54, 1.807) is 13.0 Å². The number of aliphatic imine (C=N–C) groups is 1. The fourth-order valence-corrected chi connectivity index (χ4v) is 0.826. The van der Waals surface area contributed by atoms with Crippen LogP contribution in [0.3, 0.4) is 0 Å². The van der Waals surface area contributed by atoms with Gasteiger partial charge in [0.25, 0.3) is 0 Å². The Bertz CT molecular complexity index is 232. The van der Waals surface area contributed by atoms with Crippen molar-refractivity contribution in [2.24, 2.45) is 10.7 Å². The second-order valence-electron chi connectivity index (χ2n) is 2.36. The van der Waals surface area contributed by atoms with Crippen LogP contribution in [0.4, 0.5) is 0 Å². The molecule has 0 heterocycles. The summed E-state index contributed by atoms with van der Waals surface area (Å²) >= 11 is 0. The van der Waals surface area contributed by atoms with Crippen LogP contribution in [0, 0.1) is 0 Å². The lowest BCUT2D eigenvalue weighted by Crippen LogP contribution is -2.22. The molecule has 0 saturated heterocycles. The summed E-state index contributed by atoms with van der Waals surface area (Å²) in [5, 5.41) is 0. The number of rotatable bonds is 4. The number of carbonyl (C=O) groups is 1. The molecule has 0 bridgehead atoms. The lowest BCUT2D eigenvalue weighted by atomic mass is 10.2. The second kappa shape index (κ2) is 6.22. The number of esters is 1. The van der Waals surface area contributed by atoms with Crippen molar-refractivity contribution in [3.63, 3.8) is 0 Å². The number of ether oxygens (including phenoxy) is 1. The third-order valence-corrected chi connectivity index (χ3v) is 1.42. The second-order valence-corrected chi connectivity index (χ2v) is 2.36. The van der Waals surface area contributed by atoms with E-state index in [0.717, 1.165) is 6.42 Å². The van der Waals surface area contributed by atoms with Crippen LogP contribution < -0.4 is 5.73 Å². The Labute approximate surface area is 78.5 Å². The molecule has 2 N–H and O–H groups in total. The summed E-state index contributed by atoms with van der Waals surface area (Å²) in [7, 11) is 1.54. The van der Waals surface area contributed by atoms with Gasteiger partial charge in [-0.3, -0.25) is 4.99 Å². The number of nitrogens with two attached hydrogens (primary N) is 1. The Morgan fingerprint density at radius 1 is 1.54 bits per heavy atom. The van der Waals surface area contributed by atoms with Gasteiger partial charge in [-0.2, -0.15) is 0 Å². The highest BCUT2D eigenvalue weighted by atomic mass is 16.5. The zero-order valence-electron chi connectivity index (χ0n) is 8.33. The number of allylic oxidation sites excluding steroid dienone is 1. The third kappa shape index (κ3) is 3.73. The summed E-state index contributed by atoms with van der Waals surface area (Å²) < 4.78 is 4.81. The van der Waals surface area contributed by atoms with E-state index in [4.69, 9.17) is 10.5 Å². The van der Waals surface area contributed by atoms with Crippen molar-refractivity contribution in [3.05, 3.63) is 11.6 Å². The van der Waals surface area contributed by atoms with E-state index in [1.807, 2.05) is 6.92 Å². The first-order chi connectivity index (χ1) is 6.17. The maximum absolute atomic E-state index is 11.3. The minimum atomic E-state index is -0.410. The molecule has 0 rings (SSSR count). The molecule has 74 valence electrons. The molecule has 0 spiro atoms. The molecule has 0 atom stereocenters. The van der Waals surface area contributed by atoms with Gasteiger partial charge in [0, 0.05) is 7.05 Å². The predicted octanol–water partition coefficient (Wildman–Crippen LogP) is 0.873. The molecule has 0 aliphatic heterocycles. The normalized spacial score (nSPS) is 12.8. The van der Waals surface area contributed by atoms with Crippen LogP contribution >= 0.6 is 0 Å². The molecule has 0 amide bonds. The Morgan fingerprint density at radius 2 is 2.15 bits per heavy atom. The number of hydrogen-bond acceptors (Lipinski definition) is 3. The van der Waals surface area contributed by atoms with Crippen LogP contribution in [-0.4, -0.2) is 25.5 Å².